The van der Waals surface area contributed by atoms with E-state index in [4.69, 9.17) is 16.1 Å². The molecule has 0 bridgehead atoms. The van der Waals surface area contributed by atoms with Gasteiger partial charge in [-0.1, -0.05) is 65.3 Å². The lowest BCUT2D eigenvalue weighted by molar-refractivity contribution is -0.135. The molecule has 3 aromatic rings. The number of hydrogen-bond acceptors (Lipinski definition) is 5. The van der Waals surface area contributed by atoms with Gasteiger partial charge in [0.05, 0.1) is 6.04 Å². The lowest BCUT2D eigenvalue weighted by Gasteiger charge is -2.42. The molecule has 1 aromatic heterocycles. The monoisotopic (exact) mass is 476 g/mol. The molecule has 0 aliphatic carbocycles. The van der Waals surface area contributed by atoms with Crippen molar-refractivity contribution in [2.45, 2.75) is 25.8 Å². The fraction of sp³-hybridized carbons (Fsp3) is 0.280. The molecule has 34 heavy (non-hydrogen) atoms. The Labute approximate surface area is 203 Å². The Bertz CT molecular complexity index is 1200. The molecule has 2 heterocycles. The van der Waals surface area contributed by atoms with Crippen molar-refractivity contribution in [2.24, 2.45) is 4.99 Å². The van der Waals surface area contributed by atoms with Crippen molar-refractivity contribution in [1.29, 1.82) is 5.26 Å². The first kappa shape index (κ1) is 23.3. The van der Waals surface area contributed by atoms with Crippen LogP contribution in [0.15, 0.2) is 70.2 Å². The van der Waals surface area contributed by atoms with Gasteiger partial charge in [-0.15, -0.1) is 4.99 Å². The molecule has 4 rings (SSSR count). The van der Waals surface area contributed by atoms with E-state index in [9.17, 15) is 10.1 Å². The highest BCUT2D eigenvalue weighted by molar-refractivity contribution is 6.29. The summed E-state index contributed by atoms with van der Waals surface area (Å²) in [5.74, 6) is 1.08. The lowest BCUT2D eigenvalue weighted by Crippen LogP contribution is -2.53. The zero-order chi connectivity index (χ0) is 23.9. The van der Waals surface area contributed by atoms with E-state index in [2.05, 4.69) is 15.5 Å². The van der Waals surface area contributed by atoms with Gasteiger partial charge < -0.3 is 19.6 Å². The number of aliphatic imine (C=N–C) groups is 1. The Balaban J connectivity index is 1.53. The van der Waals surface area contributed by atoms with Crippen molar-refractivity contribution in [3.8, 4) is 6.19 Å². The molecule has 1 N–H and O–H groups in total. The number of amides is 1. The van der Waals surface area contributed by atoms with Crippen LogP contribution >= 0.6 is 11.6 Å². The molecule has 1 aliphatic rings. The van der Waals surface area contributed by atoms with Gasteiger partial charge in [0.1, 0.15) is 5.76 Å². The summed E-state index contributed by atoms with van der Waals surface area (Å²) in [4.78, 5) is 21.2. The zero-order valence-corrected chi connectivity index (χ0v) is 19.6. The smallest absolute Gasteiger partial charge is 0.223 e. The number of carbonyl (C=O) groups is 1. The third-order valence-corrected chi connectivity index (χ3v) is 6.03. The number of benzene rings is 2. The number of nitriles is 1. The molecule has 1 saturated heterocycles. The Morgan fingerprint density at radius 3 is 2.71 bits per heavy atom. The van der Waals surface area contributed by atoms with E-state index in [1.807, 2.05) is 77.5 Å². The summed E-state index contributed by atoms with van der Waals surface area (Å²) in [5.41, 5.74) is 2.96. The number of halogens is 1. The predicted molar refractivity (Wildman–Crippen MR) is 130 cm³/mol. The lowest BCUT2D eigenvalue weighted by atomic mass is 10.0. The molecular weight excluding hydrogens is 452 g/mol. The van der Waals surface area contributed by atoms with Crippen LogP contribution in [-0.2, 0) is 11.2 Å². The predicted octanol–water partition coefficient (Wildman–Crippen LogP) is 4.40. The van der Waals surface area contributed by atoms with Gasteiger partial charge in [0.15, 0.2) is 5.15 Å². The molecule has 0 saturated carbocycles. The average Bonchev–Trinajstić information content (AvgIpc) is 3.28. The number of hydrogen-bond donors (Lipinski definition) is 1. The fourth-order valence-electron chi connectivity index (χ4n) is 4.07. The molecule has 8 nitrogen and oxygen atoms in total. The molecule has 0 spiro atoms. The fourth-order valence-corrected chi connectivity index (χ4v) is 4.23. The van der Waals surface area contributed by atoms with E-state index in [0.717, 1.165) is 16.8 Å². The minimum Gasteiger partial charge on any atom is -0.360 e. The first-order chi connectivity index (χ1) is 16.5. The van der Waals surface area contributed by atoms with Gasteiger partial charge >= 0.3 is 0 Å². The number of para-hydroxylation sites is 1. The third kappa shape index (κ3) is 5.56. The number of nitrogens with zero attached hydrogens (tertiary/aromatic N) is 5. The third-order valence-electron chi connectivity index (χ3n) is 5.85. The van der Waals surface area contributed by atoms with Crippen LogP contribution in [0.4, 0.5) is 5.69 Å². The summed E-state index contributed by atoms with van der Waals surface area (Å²) in [7, 11) is 0. The van der Waals surface area contributed by atoms with Gasteiger partial charge in [0.2, 0.25) is 18.1 Å². The standard InChI is InChI=1S/C25H25ClN6O2/c1-18-7-5-6-10-21(18)29-25(28-17-27)31-13-14-32(22(16-31)19-8-3-2-4-9-19)24(33)12-11-20-15-23(26)30-34-20/h2-10,15,22H,11-14,16H2,1H3,(H,28,29). The first-order valence-electron chi connectivity index (χ1n) is 11.0. The van der Waals surface area contributed by atoms with Crippen LogP contribution in [0, 0.1) is 18.4 Å². The Morgan fingerprint density at radius 2 is 2.00 bits per heavy atom. The van der Waals surface area contributed by atoms with Crippen LogP contribution < -0.4 is 5.32 Å². The maximum Gasteiger partial charge on any atom is 0.223 e. The molecule has 174 valence electrons. The van der Waals surface area contributed by atoms with Gasteiger partial charge in [-0.25, -0.2) is 0 Å². The largest absolute Gasteiger partial charge is 0.360 e. The number of carbonyl (C=O) groups excluding carboxylic acids is 1. The SMILES string of the molecule is Cc1ccccc1N/C(=N/C#N)N1CCN(C(=O)CCc2cc(Cl)no2)C(c2ccccc2)C1. The minimum atomic E-state index is -0.191. The summed E-state index contributed by atoms with van der Waals surface area (Å²) < 4.78 is 5.14. The van der Waals surface area contributed by atoms with Gasteiger partial charge in [-0.05, 0) is 24.1 Å². The van der Waals surface area contributed by atoms with E-state index < -0.39 is 0 Å². The molecule has 1 aliphatic heterocycles. The van der Waals surface area contributed by atoms with Gasteiger partial charge in [-0.2, -0.15) is 5.26 Å². The number of piperazine rings is 1. The van der Waals surface area contributed by atoms with Crippen molar-refractivity contribution in [3.63, 3.8) is 0 Å². The van der Waals surface area contributed by atoms with Gasteiger partial charge in [0.25, 0.3) is 0 Å². The second kappa shape index (κ2) is 10.9. The van der Waals surface area contributed by atoms with Crippen LogP contribution in [0.1, 0.15) is 29.3 Å². The van der Waals surface area contributed by atoms with E-state index in [1.165, 1.54) is 0 Å². The number of aromatic nitrogens is 1. The van der Waals surface area contributed by atoms with Crippen LogP contribution in [0.5, 0.6) is 0 Å². The van der Waals surface area contributed by atoms with Crippen molar-refractivity contribution >= 4 is 29.2 Å². The van der Waals surface area contributed by atoms with Crippen LogP contribution in [0.3, 0.4) is 0 Å². The van der Waals surface area contributed by atoms with Crippen molar-refractivity contribution in [1.82, 2.24) is 15.0 Å². The topological polar surface area (TPSA) is 97.8 Å². The van der Waals surface area contributed by atoms with E-state index in [1.54, 1.807) is 6.07 Å². The summed E-state index contributed by atoms with van der Waals surface area (Å²) in [6.07, 6.45) is 2.62. The molecule has 9 heteroatoms. The molecule has 1 fully saturated rings. The first-order valence-corrected chi connectivity index (χ1v) is 11.4. The quantitative estimate of drug-likeness (QED) is 0.333. The summed E-state index contributed by atoms with van der Waals surface area (Å²) >= 11 is 5.82. The van der Waals surface area contributed by atoms with Gasteiger partial charge in [-0.3, -0.25) is 4.79 Å². The summed E-state index contributed by atoms with van der Waals surface area (Å²) in [6, 6.07) is 19.2. The molecule has 1 amide bonds. The van der Waals surface area contributed by atoms with Gasteiger partial charge in [0, 0.05) is 44.2 Å². The second-order valence-corrected chi connectivity index (χ2v) is 8.44. The number of anilines is 1. The highest BCUT2D eigenvalue weighted by Crippen LogP contribution is 2.27. The highest BCUT2D eigenvalue weighted by atomic mass is 35.5. The number of nitrogens with one attached hydrogen (secondary N) is 1. The zero-order valence-electron chi connectivity index (χ0n) is 18.8. The number of aryl methyl sites for hydroxylation is 2. The second-order valence-electron chi connectivity index (χ2n) is 8.05. The summed E-state index contributed by atoms with van der Waals surface area (Å²) in [6.45, 7) is 3.54. The average molecular weight is 477 g/mol. The Hall–Kier alpha value is -3.83. The van der Waals surface area contributed by atoms with E-state index >= 15 is 0 Å². The maximum atomic E-state index is 13.2. The molecule has 1 atom stereocenters. The normalized spacial score (nSPS) is 16.3. The van der Waals surface area contributed by atoms with E-state index in [-0.39, 0.29) is 23.5 Å². The molecular formula is C25H25ClN6O2. The molecule has 0 radical (unpaired) electrons. The van der Waals surface area contributed by atoms with Crippen molar-refractivity contribution in [3.05, 3.63) is 82.7 Å². The van der Waals surface area contributed by atoms with Crippen molar-refractivity contribution < 1.29 is 9.32 Å². The Morgan fingerprint density at radius 1 is 1.24 bits per heavy atom. The summed E-state index contributed by atoms with van der Waals surface area (Å²) in [5, 5.41) is 16.6. The number of rotatable bonds is 5. The van der Waals surface area contributed by atoms with Crippen LogP contribution in [0.2, 0.25) is 5.15 Å². The minimum absolute atomic E-state index is 0.0201. The number of guanidine groups is 1. The highest BCUT2D eigenvalue weighted by Gasteiger charge is 2.33. The van der Waals surface area contributed by atoms with E-state index in [0.29, 0.717) is 37.8 Å². The molecule has 1 unspecified atom stereocenters. The van der Waals surface area contributed by atoms with Crippen LogP contribution in [-0.4, -0.2) is 46.5 Å². The Kier molecular flexibility index (Phi) is 7.45. The maximum absolute atomic E-state index is 13.2. The van der Waals surface area contributed by atoms with Crippen LogP contribution in [0.25, 0.3) is 0 Å². The molecule has 2 aromatic carbocycles. The van der Waals surface area contributed by atoms with Crippen molar-refractivity contribution in [2.75, 3.05) is 25.0 Å².